The molecule has 162 valence electrons. The average molecular weight is 424 g/mol. The zero-order valence-corrected chi connectivity index (χ0v) is 18.2. The van der Waals surface area contributed by atoms with Crippen molar-refractivity contribution in [3.05, 3.63) is 24.3 Å². The van der Waals surface area contributed by atoms with Crippen LogP contribution in [0.3, 0.4) is 0 Å². The second-order valence-corrected chi connectivity index (χ2v) is 10.2. The first-order valence-corrected chi connectivity index (χ1v) is 12.0. The normalized spacial score (nSPS) is 15.3. The maximum absolute atomic E-state index is 12.4. The highest BCUT2D eigenvalue weighted by atomic mass is 32.2. The number of unbranched alkanes of at least 4 members (excludes halogenated alkanes) is 1. The molecule has 0 aromatic heterocycles. The molecule has 1 saturated carbocycles. The Bertz CT molecular complexity index is 787. The van der Waals surface area contributed by atoms with Gasteiger partial charge in [0.05, 0.1) is 5.25 Å². The Hall–Kier alpha value is -1.93. The molecule has 2 rings (SSSR count). The molecule has 1 fully saturated rings. The first-order chi connectivity index (χ1) is 13.8. The lowest BCUT2D eigenvalue weighted by Crippen LogP contribution is -2.31. The van der Waals surface area contributed by atoms with E-state index in [9.17, 15) is 18.0 Å². The summed E-state index contributed by atoms with van der Waals surface area (Å²) in [5, 5.41) is 5.32. The Kier molecular flexibility index (Phi) is 9.10. The number of sulfonamides is 1. The fourth-order valence-corrected chi connectivity index (χ4v) is 4.06. The summed E-state index contributed by atoms with van der Waals surface area (Å²) in [6, 6.07) is 7.16. The van der Waals surface area contributed by atoms with Crippen molar-refractivity contribution in [2.45, 2.75) is 70.5 Å². The standard InChI is InChI=1S/C21H33N3O4S/c1-16(2)29(27,28)22-14-7-6-13-20(25)23-18-11-8-12-19(15-18)24-21(26)17-9-4-3-5-10-17/h8,11-12,15-17,22H,3-7,9-10,13-14H2,1-2H3,(H,23,25)(H,24,26). The minimum Gasteiger partial charge on any atom is -0.326 e. The van der Waals surface area contributed by atoms with Crippen LogP contribution in [0.15, 0.2) is 24.3 Å². The van der Waals surface area contributed by atoms with E-state index in [4.69, 9.17) is 0 Å². The maximum atomic E-state index is 12.4. The van der Waals surface area contributed by atoms with Crippen LogP contribution >= 0.6 is 0 Å². The lowest BCUT2D eigenvalue weighted by Gasteiger charge is -2.20. The minimum absolute atomic E-state index is 0.0528. The molecule has 0 heterocycles. The van der Waals surface area contributed by atoms with Crippen LogP contribution in [0.25, 0.3) is 0 Å². The monoisotopic (exact) mass is 423 g/mol. The van der Waals surface area contributed by atoms with E-state index in [0.29, 0.717) is 37.2 Å². The van der Waals surface area contributed by atoms with Gasteiger partial charge in [0.25, 0.3) is 0 Å². The summed E-state index contributed by atoms with van der Waals surface area (Å²) in [4.78, 5) is 24.5. The van der Waals surface area contributed by atoms with E-state index >= 15 is 0 Å². The van der Waals surface area contributed by atoms with Crippen molar-refractivity contribution < 1.29 is 18.0 Å². The van der Waals surface area contributed by atoms with E-state index in [1.807, 2.05) is 6.07 Å². The molecule has 0 atom stereocenters. The van der Waals surface area contributed by atoms with Crippen molar-refractivity contribution >= 4 is 33.2 Å². The smallest absolute Gasteiger partial charge is 0.227 e. The molecule has 3 N–H and O–H groups in total. The second-order valence-electron chi connectivity index (χ2n) is 7.90. The molecule has 1 aliphatic carbocycles. The first kappa shape index (κ1) is 23.3. The van der Waals surface area contributed by atoms with Crippen LogP contribution in [0.5, 0.6) is 0 Å². The number of hydrogen-bond donors (Lipinski definition) is 3. The average Bonchev–Trinajstić information content (AvgIpc) is 2.68. The number of anilines is 2. The molecule has 29 heavy (non-hydrogen) atoms. The number of amides is 2. The van der Waals surface area contributed by atoms with E-state index in [0.717, 1.165) is 25.7 Å². The fraction of sp³-hybridized carbons (Fsp3) is 0.619. The minimum atomic E-state index is -3.26. The van der Waals surface area contributed by atoms with Crippen LogP contribution in [-0.4, -0.2) is 32.0 Å². The third kappa shape index (κ3) is 8.14. The predicted molar refractivity (Wildman–Crippen MR) is 116 cm³/mol. The van der Waals surface area contributed by atoms with Gasteiger partial charge in [0, 0.05) is 30.3 Å². The van der Waals surface area contributed by atoms with Gasteiger partial charge in [0.2, 0.25) is 21.8 Å². The first-order valence-electron chi connectivity index (χ1n) is 10.5. The van der Waals surface area contributed by atoms with Gasteiger partial charge in [-0.15, -0.1) is 0 Å². The van der Waals surface area contributed by atoms with Crippen LogP contribution < -0.4 is 15.4 Å². The van der Waals surface area contributed by atoms with Gasteiger partial charge >= 0.3 is 0 Å². The highest BCUT2D eigenvalue weighted by Gasteiger charge is 2.21. The van der Waals surface area contributed by atoms with Gasteiger partial charge in [-0.2, -0.15) is 0 Å². The molecule has 0 spiro atoms. The Balaban J connectivity index is 1.73. The number of nitrogens with one attached hydrogen (secondary N) is 3. The van der Waals surface area contributed by atoms with E-state index in [-0.39, 0.29) is 17.7 Å². The lowest BCUT2D eigenvalue weighted by atomic mass is 9.88. The highest BCUT2D eigenvalue weighted by Crippen LogP contribution is 2.25. The molecule has 0 radical (unpaired) electrons. The van der Waals surface area contributed by atoms with Crippen molar-refractivity contribution in [3.63, 3.8) is 0 Å². The number of benzene rings is 1. The molecule has 1 aromatic rings. The highest BCUT2D eigenvalue weighted by molar-refractivity contribution is 7.90. The summed E-state index contributed by atoms with van der Waals surface area (Å²) in [6.07, 6.45) is 6.78. The molecule has 1 aliphatic rings. The van der Waals surface area contributed by atoms with Crippen LogP contribution in [-0.2, 0) is 19.6 Å². The van der Waals surface area contributed by atoms with Crippen LogP contribution in [0, 0.1) is 5.92 Å². The largest absolute Gasteiger partial charge is 0.326 e. The second kappa shape index (κ2) is 11.3. The number of carbonyl (C=O) groups is 2. The third-order valence-corrected chi connectivity index (χ3v) is 6.99. The zero-order valence-electron chi connectivity index (χ0n) is 17.4. The van der Waals surface area contributed by atoms with Crippen LogP contribution in [0.2, 0.25) is 0 Å². The Morgan fingerprint density at radius 1 is 1.03 bits per heavy atom. The molecule has 7 nitrogen and oxygen atoms in total. The Morgan fingerprint density at radius 2 is 1.69 bits per heavy atom. The van der Waals surface area contributed by atoms with Crippen molar-refractivity contribution in [3.8, 4) is 0 Å². The zero-order chi connectivity index (χ0) is 21.3. The molecule has 0 unspecified atom stereocenters. The van der Waals surface area contributed by atoms with E-state index in [2.05, 4.69) is 15.4 Å². The third-order valence-electron chi connectivity index (χ3n) is 5.14. The Morgan fingerprint density at radius 3 is 2.34 bits per heavy atom. The SMILES string of the molecule is CC(C)S(=O)(=O)NCCCCC(=O)Nc1cccc(NC(=O)C2CCCCC2)c1. The molecule has 0 saturated heterocycles. The van der Waals surface area contributed by atoms with Crippen molar-refractivity contribution in [2.24, 2.45) is 5.92 Å². The number of hydrogen-bond acceptors (Lipinski definition) is 4. The van der Waals surface area contributed by atoms with Crippen molar-refractivity contribution in [1.82, 2.24) is 4.72 Å². The summed E-state index contributed by atoms with van der Waals surface area (Å²) >= 11 is 0. The molecule has 1 aromatic carbocycles. The van der Waals surface area contributed by atoms with Gasteiger partial charge in [0.15, 0.2) is 0 Å². The van der Waals surface area contributed by atoms with E-state index < -0.39 is 15.3 Å². The quantitative estimate of drug-likeness (QED) is 0.500. The van der Waals surface area contributed by atoms with E-state index in [1.165, 1.54) is 6.42 Å². The molecule has 0 bridgehead atoms. The van der Waals surface area contributed by atoms with Gasteiger partial charge < -0.3 is 10.6 Å². The van der Waals surface area contributed by atoms with Gasteiger partial charge in [-0.25, -0.2) is 13.1 Å². The van der Waals surface area contributed by atoms with Gasteiger partial charge in [0.1, 0.15) is 0 Å². The molecule has 2 amide bonds. The molecular weight excluding hydrogens is 390 g/mol. The van der Waals surface area contributed by atoms with Gasteiger partial charge in [-0.3, -0.25) is 9.59 Å². The lowest BCUT2D eigenvalue weighted by molar-refractivity contribution is -0.120. The van der Waals surface area contributed by atoms with E-state index in [1.54, 1.807) is 32.0 Å². The van der Waals surface area contributed by atoms with Gasteiger partial charge in [-0.1, -0.05) is 25.3 Å². The summed E-state index contributed by atoms with van der Waals surface area (Å²) in [6.45, 7) is 3.58. The van der Waals surface area contributed by atoms with Crippen LogP contribution in [0.4, 0.5) is 11.4 Å². The summed E-state index contributed by atoms with van der Waals surface area (Å²) in [7, 11) is -3.26. The molecule has 0 aliphatic heterocycles. The summed E-state index contributed by atoms with van der Waals surface area (Å²) in [5.41, 5.74) is 1.32. The topological polar surface area (TPSA) is 104 Å². The number of rotatable bonds is 10. The summed E-state index contributed by atoms with van der Waals surface area (Å²) in [5.74, 6) is -0.000355. The predicted octanol–water partition coefficient (Wildman–Crippen LogP) is 3.64. The Labute approximate surface area is 174 Å². The van der Waals surface area contributed by atoms with Crippen molar-refractivity contribution in [1.29, 1.82) is 0 Å². The summed E-state index contributed by atoms with van der Waals surface area (Å²) < 4.78 is 25.8. The number of carbonyl (C=O) groups excluding carboxylic acids is 2. The van der Waals surface area contributed by atoms with Gasteiger partial charge in [-0.05, 0) is 57.7 Å². The van der Waals surface area contributed by atoms with Crippen LogP contribution in [0.1, 0.15) is 65.2 Å². The molecular formula is C21H33N3O4S. The maximum Gasteiger partial charge on any atom is 0.227 e. The fourth-order valence-electron chi connectivity index (χ4n) is 3.30. The van der Waals surface area contributed by atoms with Crippen molar-refractivity contribution in [2.75, 3.05) is 17.2 Å². The molecule has 8 heteroatoms.